The third kappa shape index (κ3) is 10.3. The number of alkyl carbamates (subject to hydrolysis) is 1. The number of ketones is 1. The smallest absolute Gasteiger partial charge is 0.408 e. The summed E-state index contributed by atoms with van der Waals surface area (Å²) in [6.45, 7) is 23.9. The minimum atomic E-state index is -4.03. The van der Waals surface area contributed by atoms with Gasteiger partial charge >= 0.3 is 6.09 Å². The van der Waals surface area contributed by atoms with Crippen molar-refractivity contribution in [2.75, 3.05) is 13.1 Å². The van der Waals surface area contributed by atoms with Crippen LogP contribution in [-0.4, -0.2) is 94.1 Å². The van der Waals surface area contributed by atoms with Crippen molar-refractivity contribution in [3.8, 4) is 6.01 Å². The second-order valence-corrected chi connectivity index (χ2v) is 21.4. The van der Waals surface area contributed by atoms with Crippen LogP contribution in [0.4, 0.5) is 4.79 Å². The number of allylic oxidation sites excluding steroid dienone is 1. The number of aromatic nitrogens is 2. The first-order valence-corrected chi connectivity index (χ1v) is 23.0. The van der Waals surface area contributed by atoms with E-state index >= 15 is 0 Å². The summed E-state index contributed by atoms with van der Waals surface area (Å²) in [5, 5.41) is 5.54. The van der Waals surface area contributed by atoms with Crippen LogP contribution in [0.25, 0.3) is 11.0 Å². The molecule has 3 N–H and O–H groups in total. The molecule has 4 amide bonds. The highest BCUT2D eigenvalue weighted by Crippen LogP contribution is 2.58. The molecule has 3 aliphatic rings. The van der Waals surface area contributed by atoms with Crippen molar-refractivity contribution < 1.29 is 41.9 Å². The number of para-hydroxylation sites is 1. The van der Waals surface area contributed by atoms with Gasteiger partial charge in [0.1, 0.15) is 23.3 Å². The Bertz CT molecular complexity index is 2150. The number of unbranched alkanes of at least 4 members (excludes halogenated alkanes) is 1. The molecular weight excluding hydrogens is 801 g/mol. The number of nitrogens with zero attached hydrogens (tertiary/aromatic N) is 3. The molecule has 1 aliphatic heterocycles. The minimum absolute atomic E-state index is 0.0288. The van der Waals surface area contributed by atoms with Crippen LogP contribution in [0.3, 0.4) is 0 Å². The number of benzene rings is 1. The summed E-state index contributed by atoms with van der Waals surface area (Å²) >= 11 is 0. The van der Waals surface area contributed by atoms with Crippen LogP contribution < -0.4 is 20.1 Å². The number of hydrogen-bond donors (Lipinski definition) is 3. The summed E-state index contributed by atoms with van der Waals surface area (Å²) in [4.78, 5) is 76.1. The first-order valence-electron chi connectivity index (χ1n) is 21.5. The van der Waals surface area contributed by atoms with Gasteiger partial charge in [0.15, 0.2) is 5.78 Å². The standard InChI is InChI=1S/C45H66N6O9S/c1-12-15-16-20-44(21-22-44)61(57,58)49-39(55)45(25-29(45)14-3)26-34(52)33-24-30(27-50(33)38(54)36(42(6,7)8)48-41(56)60-43(9,10)11)59-40-47-35-31(37(53)46-23-13-2)18-17-19-32(35)51(40)28(4)5/h12-13,17-19,28-30,33,36H,1-2,14-16,20-27H2,3-11H3,(H,46,53)(H,48,56)(H,49,55)/t29-,30-,33+,36-,45-/m1/s1. The lowest BCUT2D eigenvalue weighted by molar-refractivity contribution is -0.142. The second-order valence-electron chi connectivity index (χ2n) is 19.4. The lowest BCUT2D eigenvalue weighted by Crippen LogP contribution is -2.57. The van der Waals surface area contributed by atoms with Crippen LogP contribution in [0.1, 0.15) is 137 Å². The predicted octanol–water partition coefficient (Wildman–Crippen LogP) is 6.53. The number of nitrogens with one attached hydrogen (secondary N) is 3. The normalized spacial score (nSPS) is 22.6. The van der Waals surface area contributed by atoms with Gasteiger partial charge in [-0.25, -0.2) is 13.2 Å². The number of amides is 4. The molecule has 1 aromatic carbocycles. The average Bonchev–Trinajstić information content (AvgIpc) is 4.02. The molecule has 16 heteroatoms. The van der Waals surface area contributed by atoms with E-state index in [-0.39, 0.29) is 49.8 Å². The summed E-state index contributed by atoms with van der Waals surface area (Å²) in [5.41, 5.74) is -1.54. The third-order valence-corrected chi connectivity index (χ3v) is 14.3. The molecule has 2 saturated carbocycles. The molecule has 2 aromatic rings. The number of imidazole rings is 1. The maximum atomic E-state index is 14.8. The van der Waals surface area contributed by atoms with Crippen molar-refractivity contribution in [3.05, 3.63) is 49.1 Å². The molecule has 1 aromatic heterocycles. The number of sulfonamides is 1. The zero-order chi connectivity index (χ0) is 45.3. The highest BCUT2D eigenvalue weighted by molar-refractivity contribution is 7.91. The Balaban J connectivity index is 1.48. The molecule has 3 fully saturated rings. The minimum Gasteiger partial charge on any atom is -0.459 e. The predicted molar refractivity (Wildman–Crippen MR) is 233 cm³/mol. The van der Waals surface area contributed by atoms with Crippen LogP contribution in [0.2, 0.25) is 0 Å². The first kappa shape index (κ1) is 47.3. The van der Waals surface area contributed by atoms with Gasteiger partial charge < -0.3 is 25.0 Å². The molecule has 0 bridgehead atoms. The Morgan fingerprint density at radius 1 is 1.05 bits per heavy atom. The van der Waals surface area contributed by atoms with E-state index in [4.69, 9.17) is 14.5 Å². The van der Waals surface area contributed by atoms with E-state index in [2.05, 4.69) is 28.5 Å². The van der Waals surface area contributed by atoms with Gasteiger partial charge in [-0.3, -0.25) is 28.5 Å². The number of carbonyl (C=O) groups is 5. The number of ether oxygens (including phenoxy) is 2. The van der Waals surface area contributed by atoms with Gasteiger partial charge in [0, 0.05) is 25.4 Å². The zero-order valence-electron chi connectivity index (χ0n) is 37.4. The van der Waals surface area contributed by atoms with E-state index in [1.807, 2.05) is 31.4 Å². The molecule has 2 heterocycles. The highest BCUT2D eigenvalue weighted by atomic mass is 32.2. The SMILES string of the molecule is C=CCCCC1(S(=O)(=O)NC(=O)[C@@]2(CC(=O)[C@@H]3C[C@@H](Oc4nc5c(C(=O)NCC=C)cccc5n4C(C)C)CN3C(=O)[C@@H](NC(=O)OC(C)(C)C)C(C)(C)C)C[C@H]2CC)CC1. The van der Waals surface area contributed by atoms with E-state index in [1.54, 1.807) is 65.8 Å². The molecule has 15 nitrogen and oxygen atoms in total. The van der Waals surface area contributed by atoms with Crippen molar-refractivity contribution in [2.45, 2.75) is 155 Å². The van der Waals surface area contributed by atoms with Gasteiger partial charge in [0.05, 0.1) is 33.8 Å². The Kier molecular flexibility index (Phi) is 13.9. The molecule has 61 heavy (non-hydrogen) atoms. The highest BCUT2D eigenvalue weighted by Gasteiger charge is 2.63. The number of carbonyl (C=O) groups excluding carboxylic acids is 5. The van der Waals surface area contributed by atoms with E-state index < -0.39 is 73.1 Å². The fourth-order valence-electron chi connectivity index (χ4n) is 8.55. The number of likely N-dealkylation sites (tertiary alicyclic amines) is 1. The molecule has 1 saturated heterocycles. The fraction of sp³-hybridized carbons (Fsp3) is 0.644. The molecular formula is C45H66N6O9S. The topological polar surface area (TPSA) is 195 Å². The summed E-state index contributed by atoms with van der Waals surface area (Å²) in [5.74, 6) is -2.22. The van der Waals surface area contributed by atoms with Gasteiger partial charge in [-0.2, -0.15) is 4.98 Å². The number of hydrogen-bond acceptors (Lipinski definition) is 10. The van der Waals surface area contributed by atoms with Crippen molar-refractivity contribution >= 4 is 50.7 Å². The monoisotopic (exact) mass is 866 g/mol. The van der Waals surface area contributed by atoms with Crippen LogP contribution in [0, 0.1) is 16.7 Å². The summed E-state index contributed by atoms with van der Waals surface area (Å²) in [7, 11) is -4.03. The summed E-state index contributed by atoms with van der Waals surface area (Å²) in [6.07, 6.45) is 4.98. The number of fused-ring (bicyclic) bond motifs is 1. The third-order valence-electron chi connectivity index (χ3n) is 12.1. The maximum absolute atomic E-state index is 14.8. The van der Waals surface area contributed by atoms with E-state index in [0.717, 1.165) is 0 Å². The van der Waals surface area contributed by atoms with Crippen LogP contribution in [-0.2, 0) is 29.1 Å². The Labute approximate surface area is 360 Å². The van der Waals surface area contributed by atoms with Crippen molar-refractivity contribution in [2.24, 2.45) is 16.7 Å². The molecule has 0 unspecified atom stereocenters. The molecule has 0 radical (unpaired) electrons. The Morgan fingerprint density at radius 3 is 2.30 bits per heavy atom. The molecule has 5 atom stereocenters. The lowest BCUT2D eigenvalue weighted by atomic mass is 9.85. The van der Waals surface area contributed by atoms with Gasteiger partial charge in [-0.15, -0.1) is 13.2 Å². The zero-order valence-corrected chi connectivity index (χ0v) is 38.2. The largest absolute Gasteiger partial charge is 0.459 e. The fourth-order valence-corrected chi connectivity index (χ4v) is 10.3. The van der Waals surface area contributed by atoms with E-state index in [0.29, 0.717) is 61.5 Å². The average molecular weight is 867 g/mol. The molecule has 2 aliphatic carbocycles. The molecule has 336 valence electrons. The number of Topliss-reactive ketones (excluding diaryl/α,β-unsaturated/α-hetero) is 1. The Hall–Kier alpha value is -4.73. The Morgan fingerprint density at radius 2 is 1.74 bits per heavy atom. The van der Waals surface area contributed by atoms with Gasteiger partial charge in [-0.05, 0) is 96.6 Å². The lowest BCUT2D eigenvalue weighted by Gasteiger charge is -2.36. The molecule has 5 rings (SSSR count). The quantitative estimate of drug-likeness (QED) is 0.103. The van der Waals surface area contributed by atoms with Crippen molar-refractivity contribution in [1.82, 2.24) is 29.8 Å². The van der Waals surface area contributed by atoms with Gasteiger partial charge in [0.2, 0.25) is 21.8 Å². The van der Waals surface area contributed by atoms with Crippen LogP contribution in [0.15, 0.2) is 43.5 Å². The van der Waals surface area contributed by atoms with Gasteiger partial charge in [0.25, 0.3) is 11.9 Å². The summed E-state index contributed by atoms with van der Waals surface area (Å²) in [6, 6.07) is 3.07. The van der Waals surface area contributed by atoms with Gasteiger partial charge in [-0.1, -0.05) is 52.3 Å². The van der Waals surface area contributed by atoms with Crippen molar-refractivity contribution in [3.63, 3.8) is 0 Å². The first-order chi connectivity index (χ1) is 28.4. The maximum Gasteiger partial charge on any atom is 0.408 e. The van der Waals surface area contributed by atoms with E-state index in [1.165, 1.54) is 4.90 Å². The van der Waals surface area contributed by atoms with Crippen LogP contribution >= 0.6 is 0 Å². The molecule has 0 spiro atoms. The second kappa shape index (κ2) is 17.9. The summed E-state index contributed by atoms with van der Waals surface area (Å²) < 4.78 is 42.7. The van der Waals surface area contributed by atoms with Crippen molar-refractivity contribution in [1.29, 1.82) is 0 Å². The van der Waals surface area contributed by atoms with E-state index in [9.17, 15) is 32.4 Å². The van der Waals surface area contributed by atoms with Crippen LogP contribution in [0.5, 0.6) is 6.01 Å². The number of rotatable bonds is 19.